The molecule has 2 atom stereocenters. The van der Waals surface area contributed by atoms with E-state index >= 15 is 0 Å². The van der Waals surface area contributed by atoms with Crippen molar-refractivity contribution in [3.8, 4) is 0 Å². The number of likely N-dealkylation sites (tertiary alicyclic amines) is 1. The molecular formula is C22H27N3O. The number of aromatic nitrogens is 1. The van der Waals surface area contributed by atoms with Crippen molar-refractivity contribution >= 4 is 10.9 Å². The SMILES string of the molecule is CN(C)[C@H]1CN(Cc2ccc3ccn(Cc4ccccc4)c3c2)C[C@@H]1O. The fourth-order valence-corrected chi connectivity index (χ4v) is 3.99. The third-order valence-electron chi connectivity index (χ3n) is 5.44. The molecule has 1 aliphatic heterocycles. The number of hydrogen-bond donors (Lipinski definition) is 1. The predicted molar refractivity (Wildman–Crippen MR) is 106 cm³/mol. The summed E-state index contributed by atoms with van der Waals surface area (Å²) in [7, 11) is 4.08. The van der Waals surface area contributed by atoms with Crippen LogP contribution in [0.2, 0.25) is 0 Å². The molecule has 1 aliphatic rings. The van der Waals surface area contributed by atoms with Crippen LogP contribution >= 0.6 is 0 Å². The van der Waals surface area contributed by atoms with E-state index < -0.39 is 0 Å². The minimum Gasteiger partial charge on any atom is -0.390 e. The maximum atomic E-state index is 10.3. The zero-order chi connectivity index (χ0) is 18.1. The fourth-order valence-electron chi connectivity index (χ4n) is 3.99. The number of likely N-dealkylation sites (N-methyl/N-ethyl adjacent to an activating group) is 1. The van der Waals surface area contributed by atoms with Crippen molar-refractivity contribution in [3.05, 3.63) is 71.9 Å². The quantitative estimate of drug-likeness (QED) is 0.769. The van der Waals surface area contributed by atoms with Gasteiger partial charge in [0, 0.05) is 43.9 Å². The van der Waals surface area contributed by atoms with Gasteiger partial charge in [-0.05, 0) is 42.7 Å². The number of fused-ring (bicyclic) bond motifs is 1. The van der Waals surface area contributed by atoms with E-state index in [4.69, 9.17) is 0 Å². The number of aliphatic hydroxyl groups is 1. The molecule has 0 radical (unpaired) electrons. The Labute approximate surface area is 155 Å². The van der Waals surface area contributed by atoms with Crippen LogP contribution in [0.15, 0.2) is 60.8 Å². The Morgan fingerprint density at radius 3 is 2.50 bits per heavy atom. The predicted octanol–water partition coefficient (Wildman–Crippen LogP) is 2.80. The Bertz CT molecular complexity index is 871. The van der Waals surface area contributed by atoms with Crippen molar-refractivity contribution in [1.29, 1.82) is 0 Å². The van der Waals surface area contributed by atoms with Crippen molar-refractivity contribution in [2.45, 2.75) is 25.2 Å². The van der Waals surface area contributed by atoms with Gasteiger partial charge in [0.2, 0.25) is 0 Å². The molecule has 136 valence electrons. The third-order valence-corrected chi connectivity index (χ3v) is 5.44. The molecular weight excluding hydrogens is 322 g/mol. The maximum Gasteiger partial charge on any atom is 0.0834 e. The van der Waals surface area contributed by atoms with Gasteiger partial charge in [-0.15, -0.1) is 0 Å². The summed E-state index contributed by atoms with van der Waals surface area (Å²) in [5, 5.41) is 11.5. The summed E-state index contributed by atoms with van der Waals surface area (Å²) in [6, 6.07) is 19.7. The van der Waals surface area contributed by atoms with E-state index in [1.807, 2.05) is 14.1 Å². The van der Waals surface area contributed by atoms with Crippen LogP contribution in [0.3, 0.4) is 0 Å². The van der Waals surface area contributed by atoms with Crippen LogP contribution in [-0.4, -0.2) is 58.8 Å². The first-order valence-electron chi connectivity index (χ1n) is 9.29. The summed E-state index contributed by atoms with van der Waals surface area (Å²) >= 11 is 0. The molecule has 0 saturated carbocycles. The van der Waals surface area contributed by atoms with Gasteiger partial charge in [0.25, 0.3) is 0 Å². The van der Waals surface area contributed by atoms with Crippen molar-refractivity contribution in [3.63, 3.8) is 0 Å². The molecule has 26 heavy (non-hydrogen) atoms. The molecule has 1 fully saturated rings. The maximum absolute atomic E-state index is 10.3. The second kappa shape index (κ2) is 7.23. The topological polar surface area (TPSA) is 31.6 Å². The Kier molecular flexibility index (Phi) is 4.81. The van der Waals surface area contributed by atoms with Gasteiger partial charge >= 0.3 is 0 Å². The van der Waals surface area contributed by atoms with E-state index in [1.165, 1.54) is 22.0 Å². The summed E-state index contributed by atoms with van der Waals surface area (Å²) in [6.45, 7) is 3.43. The number of aliphatic hydroxyl groups excluding tert-OH is 1. The normalized spacial score (nSPS) is 21.1. The van der Waals surface area contributed by atoms with Crippen LogP contribution in [0.1, 0.15) is 11.1 Å². The molecule has 1 aromatic heterocycles. The summed E-state index contributed by atoms with van der Waals surface area (Å²) in [4.78, 5) is 4.47. The van der Waals surface area contributed by atoms with E-state index in [0.29, 0.717) is 0 Å². The number of benzene rings is 2. The van der Waals surface area contributed by atoms with Gasteiger partial charge in [0.05, 0.1) is 6.10 Å². The van der Waals surface area contributed by atoms with Crippen LogP contribution in [0.5, 0.6) is 0 Å². The summed E-state index contributed by atoms with van der Waals surface area (Å²) in [5.74, 6) is 0. The first-order valence-corrected chi connectivity index (χ1v) is 9.29. The highest BCUT2D eigenvalue weighted by molar-refractivity contribution is 5.81. The lowest BCUT2D eigenvalue weighted by Crippen LogP contribution is -2.37. The first-order chi connectivity index (χ1) is 12.6. The molecule has 2 aromatic carbocycles. The number of nitrogens with zero attached hydrogens (tertiary/aromatic N) is 3. The standard InChI is InChI=1S/C22H27N3O/c1-23(2)21-15-24(16-22(21)26)13-18-8-9-19-10-11-25(20(19)12-18)14-17-6-4-3-5-7-17/h3-12,21-22,26H,13-16H2,1-2H3/t21-,22-/m0/s1. The smallest absolute Gasteiger partial charge is 0.0834 e. The molecule has 2 heterocycles. The number of β-amino-alcohol motifs (C(OH)–C–C–N with tert-alkyl or cyclic N) is 1. The molecule has 0 amide bonds. The van der Waals surface area contributed by atoms with Gasteiger partial charge in [-0.3, -0.25) is 4.90 Å². The second-order valence-corrected chi connectivity index (χ2v) is 7.61. The van der Waals surface area contributed by atoms with Crippen molar-refractivity contribution in [1.82, 2.24) is 14.4 Å². The molecule has 0 spiro atoms. The van der Waals surface area contributed by atoms with Crippen LogP contribution in [-0.2, 0) is 13.1 Å². The Hall–Kier alpha value is -2.14. The molecule has 4 rings (SSSR count). The van der Waals surface area contributed by atoms with Crippen LogP contribution in [0.4, 0.5) is 0 Å². The second-order valence-electron chi connectivity index (χ2n) is 7.61. The zero-order valence-corrected chi connectivity index (χ0v) is 15.5. The summed E-state index contributed by atoms with van der Waals surface area (Å²) < 4.78 is 2.32. The average Bonchev–Trinajstić information content (AvgIpc) is 3.19. The van der Waals surface area contributed by atoms with E-state index in [9.17, 15) is 5.11 Å². The molecule has 0 bridgehead atoms. The lowest BCUT2D eigenvalue weighted by Gasteiger charge is -2.21. The minimum atomic E-state index is -0.268. The molecule has 0 unspecified atom stereocenters. The highest BCUT2D eigenvalue weighted by Gasteiger charge is 2.32. The third kappa shape index (κ3) is 3.54. The highest BCUT2D eigenvalue weighted by atomic mass is 16.3. The number of hydrogen-bond acceptors (Lipinski definition) is 3. The van der Waals surface area contributed by atoms with Crippen LogP contribution < -0.4 is 0 Å². The van der Waals surface area contributed by atoms with Gasteiger partial charge in [0.15, 0.2) is 0 Å². The summed E-state index contributed by atoms with van der Waals surface area (Å²) in [5.41, 5.74) is 3.89. The highest BCUT2D eigenvalue weighted by Crippen LogP contribution is 2.22. The van der Waals surface area contributed by atoms with Crippen LogP contribution in [0, 0.1) is 0 Å². The van der Waals surface area contributed by atoms with Gasteiger partial charge in [-0.1, -0.05) is 42.5 Å². The van der Waals surface area contributed by atoms with Crippen molar-refractivity contribution in [2.75, 3.05) is 27.2 Å². The van der Waals surface area contributed by atoms with E-state index in [1.54, 1.807) is 0 Å². The molecule has 4 heteroatoms. The molecule has 1 saturated heterocycles. The Balaban J connectivity index is 1.53. The van der Waals surface area contributed by atoms with Crippen molar-refractivity contribution < 1.29 is 5.11 Å². The lowest BCUT2D eigenvalue weighted by molar-refractivity contribution is 0.112. The zero-order valence-electron chi connectivity index (χ0n) is 15.5. The fraction of sp³-hybridized carbons (Fsp3) is 0.364. The lowest BCUT2D eigenvalue weighted by atomic mass is 10.1. The Morgan fingerprint density at radius 2 is 1.77 bits per heavy atom. The monoisotopic (exact) mass is 349 g/mol. The molecule has 1 N–H and O–H groups in total. The van der Waals surface area contributed by atoms with Crippen molar-refractivity contribution in [2.24, 2.45) is 0 Å². The molecule has 4 nitrogen and oxygen atoms in total. The molecule has 0 aliphatic carbocycles. The summed E-state index contributed by atoms with van der Waals surface area (Å²) in [6.07, 6.45) is 1.90. The average molecular weight is 349 g/mol. The van der Waals surface area contributed by atoms with Gasteiger partial charge in [0.1, 0.15) is 0 Å². The van der Waals surface area contributed by atoms with Gasteiger partial charge in [-0.2, -0.15) is 0 Å². The van der Waals surface area contributed by atoms with E-state index in [2.05, 4.69) is 75.2 Å². The number of rotatable bonds is 5. The molecule has 3 aromatic rings. The van der Waals surface area contributed by atoms with Gasteiger partial charge < -0.3 is 14.6 Å². The Morgan fingerprint density at radius 1 is 0.962 bits per heavy atom. The van der Waals surface area contributed by atoms with E-state index in [-0.39, 0.29) is 12.1 Å². The van der Waals surface area contributed by atoms with Gasteiger partial charge in [-0.25, -0.2) is 0 Å². The largest absolute Gasteiger partial charge is 0.390 e. The van der Waals surface area contributed by atoms with E-state index in [0.717, 1.165) is 26.2 Å². The minimum absolute atomic E-state index is 0.223. The van der Waals surface area contributed by atoms with Crippen LogP contribution in [0.25, 0.3) is 10.9 Å². The first kappa shape index (κ1) is 17.3.